The van der Waals surface area contributed by atoms with Gasteiger partial charge in [-0.25, -0.2) is 4.98 Å². The third kappa shape index (κ3) is 4.23. The molecule has 1 aromatic heterocycles. The van der Waals surface area contributed by atoms with Gasteiger partial charge in [0.05, 0.1) is 5.75 Å². The molecule has 0 radical (unpaired) electrons. The number of rotatable bonds is 7. The van der Waals surface area contributed by atoms with Crippen LogP contribution in [0.2, 0.25) is 0 Å². The molecule has 0 bridgehead atoms. The molecular formula is C14H24N4OS. The predicted molar refractivity (Wildman–Crippen MR) is 80.7 cm³/mol. The Bertz CT molecular complexity index is 425. The number of H-pyrrole nitrogens is 1. The first kappa shape index (κ1) is 15.4. The van der Waals surface area contributed by atoms with Crippen LogP contribution in [0.1, 0.15) is 45.4 Å². The molecule has 0 atom stereocenters. The maximum atomic E-state index is 11.9. The highest BCUT2D eigenvalue weighted by atomic mass is 32.2. The van der Waals surface area contributed by atoms with Gasteiger partial charge in [0.15, 0.2) is 0 Å². The largest absolute Gasteiger partial charge is 0.343 e. The Hall–Kier alpha value is -1.04. The minimum atomic E-state index is 0.155. The van der Waals surface area contributed by atoms with Gasteiger partial charge in [0, 0.05) is 19.5 Å². The number of carbonyl (C=O) groups is 1. The van der Waals surface area contributed by atoms with Crippen molar-refractivity contribution in [3.8, 4) is 0 Å². The fourth-order valence-electron chi connectivity index (χ4n) is 2.72. The van der Waals surface area contributed by atoms with Gasteiger partial charge in [-0.3, -0.25) is 9.89 Å². The summed E-state index contributed by atoms with van der Waals surface area (Å²) in [6.07, 6.45) is 6.31. The summed E-state index contributed by atoms with van der Waals surface area (Å²) in [7, 11) is 0. The fourth-order valence-corrected chi connectivity index (χ4v) is 3.44. The Morgan fingerprint density at radius 1 is 1.35 bits per heavy atom. The van der Waals surface area contributed by atoms with Crippen LogP contribution in [0.3, 0.4) is 0 Å². The molecule has 1 amide bonds. The van der Waals surface area contributed by atoms with Gasteiger partial charge in [-0.15, -0.1) is 5.10 Å². The topological polar surface area (TPSA) is 61.9 Å². The van der Waals surface area contributed by atoms with Crippen LogP contribution in [-0.2, 0) is 11.2 Å². The molecule has 1 fully saturated rings. The number of carbonyl (C=O) groups excluding carboxylic acids is 1. The molecule has 0 saturated heterocycles. The van der Waals surface area contributed by atoms with Gasteiger partial charge in [-0.2, -0.15) is 0 Å². The molecule has 20 heavy (non-hydrogen) atoms. The number of hydrogen-bond acceptors (Lipinski definition) is 4. The van der Waals surface area contributed by atoms with Crippen molar-refractivity contribution in [1.29, 1.82) is 0 Å². The molecule has 0 spiro atoms. The molecule has 0 aliphatic heterocycles. The number of amides is 1. The van der Waals surface area contributed by atoms with Gasteiger partial charge >= 0.3 is 0 Å². The quantitative estimate of drug-likeness (QED) is 0.785. The second kappa shape index (κ2) is 7.67. The van der Waals surface area contributed by atoms with Crippen molar-refractivity contribution in [1.82, 2.24) is 20.1 Å². The van der Waals surface area contributed by atoms with E-state index in [1.807, 2.05) is 18.7 Å². The minimum Gasteiger partial charge on any atom is -0.343 e. The average molecular weight is 296 g/mol. The summed E-state index contributed by atoms with van der Waals surface area (Å²) < 4.78 is 0. The van der Waals surface area contributed by atoms with Crippen molar-refractivity contribution in [2.45, 2.75) is 51.1 Å². The summed E-state index contributed by atoms with van der Waals surface area (Å²) in [4.78, 5) is 18.2. The average Bonchev–Trinajstić information content (AvgIpc) is 3.10. The van der Waals surface area contributed by atoms with Gasteiger partial charge in [0.1, 0.15) is 5.82 Å². The van der Waals surface area contributed by atoms with Crippen molar-refractivity contribution in [2.24, 2.45) is 5.92 Å². The third-order valence-electron chi connectivity index (χ3n) is 3.91. The molecule has 1 heterocycles. The van der Waals surface area contributed by atoms with E-state index in [0.29, 0.717) is 10.9 Å². The maximum Gasteiger partial charge on any atom is 0.233 e. The number of nitrogens with one attached hydrogen (secondary N) is 1. The van der Waals surface area contributed by atoms with Crippen LogP contribution in [0.5, 0.6) is 0 Å². The molecule has 1 N–H and O–H groups in total. The van der Waals surface area contributed by atoms with E-state index in [0.717, 1.165) is 31.3 Å². The van der Waals surface area contributed by atoms with Crippen LogP contribution in [0.4, 0.5) is 0 Å². The smallest absolute Gasteiger partial charge is 0.233 e. The van der Waals surface area contributed by atoms with E-state index >= 15 is 0 Å². The van der Waals surface area contributed by atoms with E-state index in [1.165, 1.54) is 37.4 Å². The minimum absolute atomic E-state index is 0.155. The summed E-state index contributed by atoms with van der Waals surface area (Å²) >= 11 is 1.42. The zero-order valence-electron chi connectivity index (χ0n) is 12.4. The van der Waals surface area contributed by atoms with Gasteiger partial charge < -0.3 is 4.90 Å². The van der Waals surface area contributed by atoms with Crippen molar-refractivity contribution < 1.29 is 4.79 Å². The number of hydrogen-bond donors (Lipinski definition) is 1. The maximum absolute atomic E-state index is 11.9. The van der Waals surface area contributed by atoms with E-state index in [4.69, 9.17) is 0 Å². The Kier molecular flexibility index (Phi) is 5.88. The standard InChI is InChI=1S/C14H24N4OS/c1-3-18(4-2)13(19)10-20-14-15-12(16-17-14)9-11-7-5-6-8-11/h11H,3-10H2,1-2H3,(H,15,16,17). The van der Waals surface area contributed by atoms with Gasteiger partial charge in [0.2, 0.25) is 11.1 Å². The van der Waals surface area contributed by atoms with Crippen LogP contribution in [0.15, 0.2) is 5.16 Å². The highest BCUT2D eigenvalue weighted by Crippen LogP contribution is 2.27. The Morgan fingerprint density at radius 2 is 2.05 bits per heavy atom. The van der Waals surface area contributed by atoms with Gasteiger partial charge in [-0.05, 0) is 19.8 Å². The van der Waals surface area contributed by atoms with Crippen molar-refractivity contribution in [3.63, 3.8) is 0 Å². The molecule has 1 aliphatic rings. The van der Waals surface area contributed by atoms with Crippen molar-refractivity contribution in [3.05, 3.63) is 5.82 Å². The van der Waals surface area contributed by atoms with Crippen LogP contribution in [0.25, 0.3) is 0 Å². The van der Waals surface area contributed by atoms with Crippen LogP contribution in [-0.4, -0.2) is 44.8 Å². The number of nitrogens with zero attached hydrogens (tertiary/aromatic N) is 3. The zero-order chi connectivity index (χ0) is 14.4. The monoisotopic (exact) mass is 296 g/mol. The van der Waals surface area contributed by atoms with Crippen LogP contribution in [0, 0.1) is 5.92 Å². The lowest BCUT2D eigenvalue weighted by Gasteiger charge is -2.17. The van der Waals surface area contributed by atoms with Gasteiger partial charge in [-0.1, -0.05) is 37.4 Å². The van der Waals surface area contributed by atoms with Crippen LogP contribution >= 0.6 is 11.8 Å². The summed E-state index contributed by atoms with van der Waals surface area (Å²) in [6, 6.07) is 0. The fraction of sp³-hybridized carbons (Fsp3) is 0.786. The Balaban J connectivity index is 1.78. The lowest BCUT2D eigenvalue weighted by molar-refractivity contribution is -0.127. The Labute approximate surface area is 124 Å². The molecule has 1 aliphatic carbocycles. The van der Waals surface area contributed by atoms with Crippen molar-refractivity contribution >= 4 is 17.7 Å². The Morgan fingerprint density at radius 3 is 2.70 bits per heavy atom. The number of aromatic nitrogens is 3. The van der Waals surface area contributed by atoms with E-state index in [2.05, 4.69) is 15.2 Å². The second-order valence-electron chi connectivity index (χ2n) is 5.27. The summed E-state index contributed by atoms with van der Waals surface area (Å²) in [5.41, 5.74) is 0. The molecule has 1 aromatic rings. The summed E-state index contributed by atoms with van der Waals surface area (Å²) in [5, 5.41) is 7.90. The van der Waals surface area contributed by atoms with E-state index in [1.54, 1.807) is 0 Å². The SMILES string of the molecule is CCN(CC)C(=O)CSc1n[nH]c(CC2CCCC2)n1. The van der Waals surface area contributed by atoms with Gasteiger partial charge in [0.25, 0.3) is 0 Å². The lowest BCUT2D eigenvalue weighted by atomic mass is 10.0. The third-order valence-corrected chi connectivity index (χ3v) is 4.74. The molecular weight excluding hydrogens is 272 g/mol. The molecule has 0 aromatic carbocycles. The lowest BCUT2D eigenvalue weighted by Crippen LogP contribution is -2.31. The summed E-state index contributed by atoms with van der Waals surface area (Å²) in [6.45, 7) is 5.52. The zero-order valence-corrected chi connectivity index (χ0v) is 13.2. The second-order valence-corrected chi connectivity index (χ2v) is 6.22. The first-order valence-electron chi connectivity index (χ1n) is 7.54. The first-order chi connectivity index (χ1) is 9.72. The molecule has 2 rings (SSSR count). The predicted octanol–water partition coefficient (Wildman–Crippen LogP) is 2.50. The molecule has 0 unspecified atom stereocenters. The summed E-state index contributed by atoms with van der Waals surface area (Å²) in [5.74, 6) is 2.30. The molecule has 6 heteroatoms. The van der Waals surface area contributed by atoms with E-state index < -0.39 is 0 Å². The number of aromatic amines is 1. The molecule has 5 nitrogen and oxygen atoms in total. The highest BCUT2D eigenvalue weighted by Gasteiger charge is 2.18. The highest BCUT2D eigenvalue weighted by molar-refractivity contribution is 7.99. The van der Waals surface area contributed by atoms with Crippen LogP contribution < -0.4 is 0 Å². The normalized spacial score (nSPS) is 15.7. The van der Waals surface area contributed by atoms with E-state index in [-0.39, 0.29) is 5.91 Å². The van der Waals surface area contributed by atoms with Crippen molar-refractivity contribution in [2.75, 3.05) is 18.8 Å². The molecule has 1 saturated carbocycles. The number of thioether (sulfide) groups is 1. The van der Waals surface area contributed by atoms with E-state index in [9.17, 15) is 4.79 Å². The molecule has 112 valence electrons. The first-order valence-corrected chi connectivity index (χ1v) is 8.53.